The van der Waals surface area contributed by atoms with Gasteiger partial charge in [-0.05, 0) is 81.8 Å². The first-order valence-electron chi connectivity index (χ1n) is 38.2. The van der Waals surface area contributed by atoms with Crippen LogP contribution < -0.4 is 0 Å². The minimum Gasteiger partial charge on any atom is -0.228 e. The van der Waals surface area contributed by atoms with E-state index in [1.54, 1.807) is 6.33 Å². The standard InChI is InChI=1S/C28H20N2.2C27H19N3.C23H18N2/c1-4-11-21(12-5-1)24-17-10-18-25(19-24)28-29-26(22-13-6-2-7-14-22)20-27(30-28)23-15-8-3-9-16-23;1-4-11-20(12-5-1)23-17-10-18-24(19-23)27-29-25(21-13-6-2-7-14-21)28-26(30-27)22-15-8-3-9-16-22;1-3-7-20(8-4-1)22-11-15-24(16-12-22)26-28-19-29-27(30-26)25-17-13-23(14-18-25)21-9-5-2-6-10-21;1-17-9-8-14-20(15-17)23-24-21(18-10-4-2-5-11-18)16-22(25-23)19-12-6-3-7-13-19/h1-20H;2*1-19H;2-16H,1H3. The maximum absolute atomic E-state index is 4.92. The van der Waals surface area contributed by atoms with Gasteiger partial charge in [0, 0.05) is 61.2 Å². The SMILES string of the molecule is Cc1cccc(-c2nc(-c3ccccc3)cc(-c3ccccc3)n2)c1.c1ccc(-c2ccc(-c3ncnc(-c4ccc(-c5ccccc5)cc4)n3)cc2)cc1.c1ccc(-c2cccc(-c3nc(-c4ccccc4)cc(-c4ccccc4)n3)c2)cc1.c1ccc(-c2cccc(-c3nc(-c4ccccc4)nc(-c4ccccc4)n3)c2)cc1. The Hall–Kier alpha value is -15.5. The van der Waals surface area contributed by atoms with Crippen LogP contribution in [-0.2, 0) is 0 Å². The molecular weight excluding hydrogens is 1400 g/mol. The molecule has 0 unspecified atom stereocenters. The van der Waals surface area contributed by atoms with Gasteiger partial charge >= 0.3 is 0 Å². The van der Waals surface area contributed by atoms with E-state index in [-0.39, 0.29) is 0 Å². The smallest absolute Gasteiger partial charge is 0.164 e. The first-order valence-corrected chi connectivity index (χ1v) is 38.2. The summed E-state index contributed by atoms with van der Waals surface area (Å²) < 4.78 is 0. The number of aromatic nitrogens is 10. The van der Waals surface area contributed by atoms with Crippen LogP contribution in [0, 0.1) is 6.92 Å². The zero-order chi connectivity index (χ0) is 77.6. The molecule has 19 aromatic rings. The number of aryl methyl sites for hydroxylation is 1. The summed E-state index contributed by atoms with van der Waals surface area (Å²) in [6.07, 6.45) is 1.58. The molecule has 10 nitrogen and oxygen atoms in total. The van der Waals surface area contributed by atoms with E-state index < -0.39 is 0 Å². The van der Waals surface area contributed by atoms with Crippen LogP contribution in [0.3, 0.4) is 0 Å². The van der Waals surface area contributed by atoms with Crippen molar-refractivity contribution in [1.82, 2.24) is 49.8 Å². The van der Waals surface area contributed by atoms with Gasteiger partial charge < -0.3 is 0 Å². The fourth-order valence-electron chi connectivity index (χ4n) is 13.3. The van der Waals surface area contributed by atoms with Gasteiger partial charge in [0.2, 0.25) is 0 Å². The first kappa shape index (κ1) is 73.6. The van der Waals surface area contributed by atoms with Crippen molar-refractivity contribution in [2.75, 3.05) is 0 Å². The third-order valence-corrected chi connectivity index (χ3v) is 19.2. The summed E-state index contributed by atoms with van der Waals surface area (Å²) in [5, 5.41) is 0. The summed E-state index contributed by atoms with van der Waals surface area (Å²) in [5.41, 5.74) is 25.5. The Morgan fingerprint density at radius 1 is 0.130 bits per heavy atom. The number of benzene rings is 15. The normalized spacial score (nSPS) is 10.7. The van der Waals surface area contributed by atoms with E-state index in [0.29, 0.717) is 29.1 Å². The number of rotatable bonds is 15. The Kier molecular flexibility index (Phi) is 23.3. The third kappa shape index (κ3) is 18.9. The third-order valence-electron chi connectivity index (χ3n) is 19.2. The summed E-state index contributed by atoms with van der Waals surface area (Å²) in [6.45, 7) is 2.09. The number of nitrogens with zero attached hydrogens (tertiary/aromatic N) is 10. The zero-order valence-corrected chi connectivity index (χ0v) is 63.1. The van der Waals surface area contributed by atoms with Crippen LogP contribution in [0.4, 0.5) is 0 Å². The van der Waals surface area contributed by atoms with Crippen molar-refractivity contribution in [2.45, 2.75) is 6.92 Å². The highest BCUT2D eigenvalue weighted by Crippen LogP contribution is 2.34. The lowest BCUT2D eigenvalue weighted by atomic mass is 10.0. The van der Waals surface area contributed by atoms with Crippen LogP contribution in [0.25, 0.3) is 169 Å². The van der Waals surface area contributed by atoms with Gasteiger partial charge in [0.25, 0.3) is 0 Å². The molecule has 0 radical (unpaired) electrons. The molecule has 0 saturated carbocycles. The molecule has 546 valence electrons. The van der Waals surface area contributed by atoms with Crippen molar-refractivity contribution in [2.24, 2.45) is 0 Å². The molecule has 0 bridgehead atoms. The van der Waals surface area contributed by atoms with Crippen LogP contribution >= 0.6 is 0 Å². The quantitative estimate of drug-likeness (QED) is 0.0978. The largest absolute Gasteiger partial charge is 0.228 e. The molecule has 115 heavy (non-hydrogen) atoms. The van der Waals surface area contributed by atoms with Gasteiger partial charge in [0.1, 0.15) is 6.33 Å². The Morgan fingerprint density at radius 3 is 0.617 bits per heavy atom. The molecule has 0 N–H and O–H groups in total. The molecule has 0 amide bonds. The van der Waals surface area contributed by atoms with Gasteiger partial charge in [-0.2, -0.15) is 0 Å². The summed E-state index contributed by atoms with van der Waals surface area (Å²) in [7, 11) is 0. The lowest BCUT2D eigenvalue weighted by Crippen LogP contribution is -2.00. The molecule has 0 aliphatic rings. The van der Waals surface area contributed by atoms with Gasteiger partial charge in [0.15, 0.2) is 40.8 Å². The van der Waals surface area contributed by atoms with E-state index >= 15 is 0 Å². The maximum atomic E-state index is 4.92. The average Bonchev–Trinajstić information content (AvgIpc) is 0.725. The molecule has 4 heterocycles. The second-order valence-electron chi connectivity index (χ2n) is 27.2. The van der Waals surface area contributed by atoms with Crippen LogP contribution in [0.2, 0.25) is 0 Å². The van der Waals surface area contributed by atoms with Gasteiger partial charge in [0.05, 0.1) is 22.8 Å². The number of hydrogen-bond acceptors (Lipinski definition) is 10. The lowest BCUT2D eigenvalue weighted by molar-refractivity contribution is 1.07. The van der Waals surface area contributed by atoms with E-state index in [1.165, 1.54) is 38.9 Å². The maximum Gasteiger partial charge on any atom is 0.164 e. The molecule has 15 aromatic carbocycles. The fourth-order valence-corrected chi connectivity index (χ4v) is 13.3. The lowest BCUT2D eigenvalue weighted by Gasteiger charge is -2.10. The Morgan fingerprint density at radius 2 is 0.322 bits per heavy atom. The zero-order valence-electron chi connectivity index (χ0n) is 63.1. The molecule has 0 atom stereocenters. The molecule has 0 saturated heterocycles. The van der Waals surface area contributed by atoms with Crippen molar-refractivity contribution in [3.63, 3.8) is 0 Å². The monoisotopic (exact) mass is 1480 g/mol. The molecule has 4 aromatic heterocycles. The van der Waals surface area contributed by atoms with E-state index in [0.717, 1.165) is 107 Å². The highest BCUT2D eigenvalue weighted by atomic mass is 15.0. The van der Waals surface area contributed by atoms with Crippen molar-refractivity contribution in [1.29, 1.82) is 0 Å². The predicted molar refractivity (Wildman–Crippen MR) is 470 cm³/mol. The minimum absolute atomic E-state index is 0.667. The van der Waals surface area contributed by atoms with E-state index in [4.69, 9.17) is 39.9 Å². The highest BCUT2D eigenvalue weighted by molar-refractivity contribution is 5.78. The van der Waals surface area contributed by atoms with Gasteiger partial charge in [-0.3, -0.25) is 0 Å². The molecular formula is C105H76N10. The molecule has 0 aliphatic carbocycles. The van der Waals surface area contributed by atoms with Gasteiger partial charge in [-0.25, -0.2) is 49.8 Å². The second kappa shape index (κ2) is 36.3. The van der Waals surface area contributed by atoms with Crippen molar-refractivity contribution in [3.8, 4) is 169 Å². The van der Waals surface area contributed by atoms with Gasteiger partial charge in [-0.15, -0.1) is 0 Å². The Balaban J connectivity index is 0.000000116. The number of hydrogen-bond donors (Lipinski definition) is 0. The van der Waals surface area contributed by atoms with Crippen LogP contribution in [0.15, 0.2) is 443 Å². The minimum atomic E-state index is 0.667. The van der Waals surface area contributed by atoms with Gasteiger partial charge in [-0.1, -0.05) is 412 Å². The van der Waals surface area contributed by atoms with E-state index in [1.807, 2.05) is 212 Å². The molecule has 0 spiro atoms. The molecule has 19 rings (SSSR count). The second-order valence-corrected chi connectivity index (χ2v) is 27.2. The highest BCUT2D eigenvalue weighted by Gasteiger charge is 2.17. The summed E-state index contributed by atoms with van der Waals surface area (Å²) in [5.74, 6) is 4.84. The first-order chi connectivity index (χ1) is 56.9. The van der Waals surface area contributed by atoms with Crippen molar-refractivity contribution < 1.29 is 0 Å². The Bertz CT molecular complexity index is 5860. The summed E-state index contributed by atoms with van der Waals surface area (Å²) >= 11 is 0. The molecule has 0 fully saturated rings. The molecule has 10 heteroatoms. The van der Waals surface area contributed by atoms with Crippen LogP contribution in [0.1, 0.15) is 5.56 Å². The predicted octanol–water partition coefficient (Wildman–Crippen LogP) is 26.0. The topological polar surface area (TPSA) is 129 Å². The van der Waals surface area contributed by atoms with E-state index in [9.17, 15) is 0 Å². The van der Waals surface area contributed by atoms with Crippen LogP contribution in [-0.4, -0.2) is 49.8 Å². The van der Waals surface area contributed by atoms with E-state index in [2.05, 4.69) is 241 Å². The van der Waals surface area contributed by atoms with Crippen LogP contribution in [0.5, 0.6) is 0 Å². The summed E-state index contributed by atoms with van der Waals surface area (Å²) in [6, 6.07) is 148. The summed E-state index contributed by atoms with van der Waals surface area (Å²) in [4.78, 5) is 47.3. The fraction of sp³-hybridized carbons (Fsp3) is 0.00952. The van der Waals surface area contributed by atoms with Crippen molar-refractivity contribution in [3.05, 3.63) is 449 Å². The average molecular weight is 1480 g/mol. The molecule has 0 aliphatic heterocycles. The Labute approximate surface area is 670 Å². The van der Waals surface area contributed by atoms with Crippen molar-refractivity contribution >= 4 is 0 Å².